The highest BCUT2D eigenvalue weighted by atomic mass is 16.3. The lowest BCUT2D eigenvalue weighted by Crippen LogP contribution is -2.20. The Balaban J connectivity index is 2.55. The monoisotopic (exact) mass is 208 g/mol. The van der Waals surface area contributed by atoms with Gasteiger partial charge in [-0.1, -0.05) is 19.1 Å². The zero-order valence-corrected chi connectivity index (χ0v) is 8.73. The molecule has 0 spiro atoms. The Morgan fingerprint density at radius 3 is 2.80 bits per heavy atom. The van der Waals surface area contributed by atoms with Gasteiger partial charge in [0.15, 0.2) is 0 Å². The van der Waals surface area contributed by atoms with Crippen molar-refractivity contribution in [2.24, 2.45) is 11.7 Å². The summed E-state index contributed by atoms with van der Waals surface area (Å²) in [5.41, 5.74) is 5.85. The predicted octanol–water partition coefficient (Wildman–Crippen LogP) is 1.32. The first-order valence-electron chi connectivity index (χ1n) is 4.91. The Morgan fingerprint density at radius 1 is 1.53 bits per heavy atom. The van der Waals surface area contributed by atoms with Gasteiger partial charge in [0, 0.05) is 6.42 Å². The molecule has 0 fully saturated rings. The molecule has 82 valence electrons. The summed E-state index contributed by atoms with van der Waals surface area (Å²) in [6.45, 7) is 2.39. The van der Waals surface area contributed by atoms with Gasteiger partial charge in [-0.25, -0.2) is 0 Å². The minimum absolute atomic E-state index is 0.0752. The smallest absolute Gasteiger partial charge is 0.224 e. The van der Waals surface area contributed by atoms with Gasteiger partial charge in [0.05, 0.1) is 5.69 Å². The SMILES string of the molecule is CC(CN)CC(=O)Nc1ccccc1O. The molecule has 1 rings (SSSR count). The fourth-order valence-corrected chi connectivity index (χ4v) is 1.18. The maximum absolute atomic E-state index is 11.5. The largest absolute Gasteiger partial charge is 0.506 e. The predicted molar refractivity (Wildman–Crippen MR) is 59.6 cm³/mol. The third-order valence-corrected chi connectivity index (χ3v) is 2.11. The van der Waals surface area contributed by atoms with Crippen LogP contribution in [0.5, 0.6) is 5.75 Å². The van der Waals surface area contributed by atoms with Crippen LogP contribution in [0.2, 0.25) is 0 Å². The number of rotatable bonds is 4. The van der Waals surface area contributed by atoms with Crippen LogP contribution in [0, 0.1) is 5.92 Å². The van der Waals surface area contributed by atoms with Crippen LogP contribution in [0.15, 0.2) is 24.3 Å². The molecule has 0 aliphatic carbocycles. The van der Waals surface area contributed by atoms with Gasteiger partial charge in [0.2, 0.25) is 5.91 Å². The topological polar surface area (TPSA) is 75.4 Å². The molecule has 0 heterocycles. The zero-order valence-electron chi connectivity index (χ0n) is 8.73. The zero-order chi connectivity index (χ0) is 11.3. The summed E-state index contributed by atoms with van der Waals surface area (Å²) < 4.78 is 0. The van der Waals surface area contributed by atoms with Crippen molar-refractivity contribution >= 4 is 11.6 Å². The molecule has 1 unspecified atom stereocenters. The number of nitrogens with two attached hydrogens (primary N) is 1. The van der Waals surface area contributed by atoms with Crippen LogP contribution in [0.4, 0.5) is 5.69 Å². The summed E-state index contributed by atoms with van der Waals surface area (Å²) in [6.07, 6.45) is 0.366. The number of amides is 1. The number of nitrogens with one attached hydrogen (secondary N) is 1. The molecular weight excluding hydrogens is 192 g/mol. The Morgan fingerprint density at radius 2 is 2.20 bits per heavy atom. The number of para-hydroxylation sites is 2. The summed E-state index contributed by atoms with van der Waals surface area (Å²) in [6, 6.07) is 6.64. The maximum atomic E-state index is 11.5. The summed E-state index contributed by atoms with van der Waals surface area (Å²) in [5, 5.41) is 12.0. The lowest BCUT2D eigenvalue weighted by atomic mass is 10.1. The van der Waals surface area contributed by atoms with E-state index in [0.717, 1.165) is 0 Å². The number of benzene rings is 1. The van der Waals surface area contributed by atoms with Crippen LogP contribution in [-0.4, -0.2) is 17.6 Å². The van der Waals surface area contributed by atoms with Crippen LogP contribution in [0.1, 0.15) is 13.3 Å². The third-order valence-electron chi connectivity index (χ3n) is 2.11. The minimum atomic E-state index is -0.130. The fourth-order valence-electron chi connectivity index (χ4n) is 1.18. The Bertz CT molecular complexity index is 339. The molecule has 4 N–H and O–H groups in total. The highest BCUT2D eigenvalue weighted by molar-refractivity contribution is 5.92. The van der Waals surface area contributed by atoms with Crippen LogP contribution < -0.4 is 11.1 Å². The van der Waals surface area contributed by atoms with Gasteiger partial charge in [-0.05, 0) is 24.6 Å². The van der Waals surface area contributed by atoms with Crippen molar-refractivity contribution in [2.45, 2.75) is 13.3 Å². The van der Waals surface area contributed by atoms with Gasteiger partial charge in [0.1, 0.15) is 5.75 Å². The summed E-state index contributed by atoms with van der Waals surface area (Å²) >= 11 is 0. The minimum Gasteiger partial charge on any atom is -0.506 e. The van der Waals surface area contributed by atoms with Crippen molar-refractivity contribution in [3.05, 3.63) is 24.3 Å². The Kier molecular flexibility index (Phi) is 4.12. The van der Waals surface area contributed by atoms with E-state index in [2.05, 4.69) is 5.32 Å². The number of hydrogen-bond acceptors (Lipinski definition) is 3. The van der Waals surface area contributed by atoms with Crippen molar-refractivity contribution in [1.29, 1.82) is 0 Å². The number of carbonyl (C=O) groups excluding carboxylic acids is 1. The summed E-state index contributed by atoms with van der Waals surface area (Å²) in [4.78, 5) is 11.5. The van der Waals surface area contributed by atoms with E-state index in [1.165, 1.54) is 6.07 Å². The summed E-state index contributed by atoms with van der Waals surface area (Å²) in [5.74, 6) is 0.0940. The third kappa shape index (κ3) is 3.59. The molecule has 0 aliphatic rings. The molecular formula is C11H16N2O2. The molecule has 0 saturated carbocycles. The second-order valence-electron chi connectivity index (χ2n) is 3.61. The number of carbonyl (C=O) groups is 1. The van der Waals surface area contributed by atoms with Gasteiger partial charge >= 0.3 is 0 Å². The second kappa shape index (κ2) is 5.36. The quantitative estimate of drug-likeness (QED) is 0.653. The van der Waals surface area contributed by atoms with Crippen LogP contribution in [0.25, 0.3) is 0 Å². The lowest BCUT2D eigenvalue weighted by molar-refractivity contribution is -0.116. The van der Waals surface area contributed by atoms with Gasteiger partial charge in [-0.15, -0.1) is 0 Å². The standard InChI is InChI=1S/C11H16N2O2/c1-8(7-12)6-11(15)13-9-4-2-3-5-10(9)14/h2-5,8,14H,6-7,12H2,1H3,(H,13,15). The maximum Gasteiger partial charge on any atom is 0.224 e. The van der Waals surface area contributed by atoms with E-state index in [4.69, 9.17) is 5.73 Å². The van der Waals surface area contributed by atoms with Gasteiger partial charge in [0.25, 0.3) is 0 Å². The molecule has 4 heteroatoms. The van der Waals surface area contributed by atoms with Crippen molar-refractivity contribution in [1.82, 2.24) is 0 Å². The highest BCUT2D eigenvalue weighted by Crippen LogP contribution is 2.21. The first-order chi connectivity index (χ1) is 7.13. The summed E-state index contributed by atoms with van der Waals surface area (Å²) in [7, 11) is 0. The van der Waals surface area contributed by atoms with Gasteiger partial charge in [-0.3, -0.25) is 4.79 Å². The van der Waals surface area contributed by atoms with Crippen LogP contribution >= 0.6 is 0 Å². The Hall–Kier alpha value is -1.55. The first-order valence-corrected chi connectivity index (χ1v) is 4.91. The molecule has 0 aromatic heterocycles. The molecule has 4 nitrogen and oxygen atoms in total. The Labute approximate surface area is 89.1 Å². The fraction of sp³-hybridized carbons (Fsp3) is 0.364. The molecule has 0 aliphatic heterocycles. The molecule has 1 aromatic carbocycles. The number of phenols is 1. The molecule has 0 radical (unpaired) electrons. The lowest BCUT2D eigenvalue weighted by Gasteiger charge is -2.09. The van der Waals surface area contributed by atoms with Crippen LogP contribution in [-0.2, 0) is 4.79 Å². The average Bonchev–Trinajstić information content (AvgIpc) is 2.21. The van der Waals surface area contributed by atoms with E-state index >= 15 is 0 Å². The van der Waals surface area contributed by atoms with E-state index in [-0.39, 0.29) is 17.6 Å². The van der Waals surface area contributed by atoms with E-state index < -0.39 is 0 Å². The number of aromatic hydroxyl groups is 1. The van der Waals surface area contributed by atoms with Crippen molar-refractivity contribution in [3.63, 3.8) is 0 Å². The van der Waals surface area contributed by atoms with E-state index in [0.29, 0.717) is 18.7 Å². The van der Waals surface area contributed by atoms with Crippen LogP contribution in [0.3, 0.4) is 0 Å². The number of hydrogen-bond donors (Lipinski definition) is 3. The van der Waals surface area contributed by atoms with Gasteiger partial charge in [-0.2, -0.15) is 0 Å². The number of phenolic OH excluding ortho intramolecular Hbond substituents is 1. The molecule has 15 heavy (non-hydrogen) atoms. The molecule has 1 atom stereocenters. The average molecular weight is 208 g/mol. The number of anilines is 1. The first kappa shape index (κ1) is 11.5. The van der Waals surface area contributed by atoms with Gasteiger partial charge < -0.3 is 16.2 Å². The van der Waals surface area contributed by atoms with Crippen molar-refractivity contribution in [3.8, 4) is 5.75 Å². The van der Waals surface area contributed by atoms with Crippen molar-refractivity contribution in [2.75, 3.05) is 11.9 Å². The normalized spacial score (nSPS) is 12.1. The van der Waals surface area contributed by atoms with E-state index in [9.17, 15) is 9.90 Å². The van der Waals surface area contributed by atoms with E-state index in [1.807, 2.05) is 6.92 Å². The van der Waals surface area contributed by atoms with E-state index in [1.54, 1.807) is 18.2 Å². The second-order valence-corrected chi connectivity index (χ2v) is 3.61. The molecule has 1 aromatic rings. The van der Waals surface area contributed by atoms with Crippen molar-refractivity contribution < 1.29 is 9.90 Å². The molecule has 0 saturated heterocycles. The molecule has 1 amide bonds. The highest BCUT2D eigenvalue weighted by Gasteiger charge is 2.09. The molecule has 0 bridgehead atoms.